The van der Waals surface area contributed by atoms with Crippen molar-refractivity contribution in [3.8, 4) is 0 Å². The molecule has 4 rings (SSSR count). The smallest absolute Gasteiger partial charge is 0.238 e. The monoisotopic (exact) mass is 559 g/mol. The van der Waals surface area contributed by atoms with E-state index in [1.165, 1.54) is 6.92 Å². The largest absolute Gasteiger partial charge is 0.352 e. The Kier molecular flexibility index (Phi) is 9.34. The first-order valence-electron chi connectivity index (χ1n) is 13.2. The number of rotatable bonds is 10. The van der Waals surface area contributed by atoms with Gasteiger partial charge in [-0.25, -0.2) is 0 Å². The zero-order chi connectivity index (χ0) is 28.8. The Morgan fingerprint density at radius 3 is 2.42 bits per heavy atom. The molecule has 0 radical (unpaired) electrons. The van der Waals surface area contributed by atoms with Gasteiger partial charge < -0.3 is 20.4 Å². The van der Waals surface area contributed by atoms with Crippen LogP contribution >= 0.6 is 11.6 Å². The van der Waals surface area contributed by atoms with Gasteiger partial charge in [-0.05, 0) is 86.2 Å². The van der Waals surface area contributed by atoms with Crippen molar-refractivity contribution in [1.82, 2.24) is 10.2 Å². The summed E-state index contributed by atoms with van der Waals surface area (Å²) < 4.78 is 0. The molecule has 1 atom stereocenters. The number of carbonyl (C=O) groups excluding carboxylic acids is 3. The van der Waals surface area contributed by atoms with Crippen molar-refractivity contribution in [3.63, 3.8) is 0 Å². The second-order valence-corrected chi connectivity index (χ2v) is 10.5. The molecule has 0 aliphatic carbocycles. The number of carbonyl (C=O) groups is 3. The van der Waals surface area contributed by atoms with E-state index in [1.807, 2.05) is 68.7 Å². The maximum atomic E-state index is 13.3. The first kappa shape index (κ1) is 29.0. The Hall–Kier alpha value is -4.01. The fourth-order valence-corrected chi connectivity index (χ4v) is 4.90. The molecule has 1 aliphatic heterocycles. The van der Waals surface area contributed by atoms with Crippen molar-refractivity contribution >= 4 is 52.1 Å². The third-order valence-electron chi connectivity index (χ3n) is 6.66. The van der Waals surface area contributed by atoms with E-state index >= 15 is 0 Å². The van der Waals surface area contributed by atoms with Crippen LogP contribution in [0.15, 0.2) is 71.7 Å². The van der Waals surface area contributed by atoms with Crippen molar-refractivity contribution in [2.75, 3.05) is 37.4 Å². The topological polar surface area (TPSA) is 94.1 Å². The molecule has 1 heterocycles. The molecule has 8 nitrogen and oxygen atoms in total. The lowest BCUT2D eigenvalue weighted by molar-refractivity contribution is -0.119. The van der Waals surface area contributed by atoms with Crippen LogP contribution in [0.4, 0.5) is 17.1 Å². The van der Waals surface area contributed by atoms with E-state index in [0.717, 1.165) is 35.3 Å². The molecule has 0 spiro atoms. The van der Waals surface area contributed by atoms with Gasteiger partial charge >= 0.3 is 0 Å². The van der Waals surface area contributed by atoms with Crippen LogP contribution in [0.5, 0.6) is 0 Å². The van der Waals surface area contributed by atoms with E-state index in [2.05, 4.69) is 15.5 Å². The van der Waals surface area contributed by atoms with E-state index in [4.69, 9.17) is 16.6 Å². The fraction of sp³-hybridized carbons (Fsp3) is 0.290. The highest BCUT2D eigenvalue weighted by Crippen LogP contribution is 2.38. The molecule has 9 heteroatoms. The Balaban J connectivity index is 1.72. The Bertz CT molecular complexity index is 1440. The van der Waals surface area contributed by atoms with E-state index in [1.54, 1.807) is 24.0 Å². The number of amides is 3. The predicted octanol–water partition coefficient (Wildman–Crippen LogP) is 5.14. The SMILES string of the molecule is CC(=O)NCc1cccc(C(=Nc2ccc(N(CCCN(C)C)C(C)=O)cc2)C2C(=O)Nc3cc(Cl)ccc32)c1. The quantitative estimate of drug-likeness (QED) is 0.336. The maximum absolute atomic E-state index is 13.3. The lowest BCUT2D eigenvalue weighted by Crippen LogP contribution is -2.31. The first-order valence-corrected chi connectivity index (χ1v) is 13.6. The van der Waals surface area contributed by atoms with Crippen molar-refractivity contribution in [2.24, 2.45) is 4.99 Å². The second-order valence-electron chi connectivity index (χ2n) is 10.1. The zero-order valence-electron chi connectivity index (χ0n) is 23.2. The molecule has 0 saturated heterocycles. The van der Waals surface area contributed by atoms with Crippen LogP contribution in [-0.2, 0) is 20.9 Å². The highest BCUT2D eigenvalue weighted by molar-refractivity contribution is 6.31. The van der Waals surface area contributed by atoms with E-state index < -0.39 is 5.92 Å². The Morgan fingerprint density at radius 1 is 1.00 bits per heavy atom. The summed E-state index contributed by atoms with van der Waals surface area (Å²) in [5, 5.41) is 6.28. The summed E-state index contributed by atoms with van der Waals surface area (Å²) in [7, 11) is 4.02. The van der Waals surface area contributed by atoms with Crippen LogP contribution in [0.2, 0.25) is 5.02 Å². The molecule has 0 saturated carbocycles. The summed E-state index contributed by atoms with van der Waals surface area (Å²) in [5.41, 5.74) is 5.13. The molecule has 3 aromatic carbocycles. The molecule has 3 amide bonds. The van der Waals surface area contributed by atoms with Crippen molar-refractivity contribution < 1.29 is 14.4 Å². The standard InChI is InChI=1S/C31H34ClN5O3/c1-20(38)33-19-22-7-5-8-23(17-22)30(29-27-14-9-24(32)18-28(27)35-31(29)40)34-25-10-12-26(13-11-25)37(21(2)39)16-6-15-36(3)4/h5,7-14,17-18,29H,6,15-16,19H2,1-4H3,(H,33,38)(H,35,40). The van der Waals surface area contributed by atoms with Crippen LogP contribution in [0, 0.1) is 0 Å². The number of benzene rings is 3. The number of fused-ring (bicyclic) bond motifs is 1. The van der Waals surface area contributed by atoms with Crippen LogP contribution in [0.1, 0.15) is 42.9 Å². The molecule has 0 fully saturated rings. The Labute approximate surface area is 240 Å². The van der Waals surface area contributed by atoms with Crippen LogP contribution in [0.3, 0.4) is 0 Å². The molecular formula is C31H34ClN5O3. The van der Waals surface area contributed by atoms with E-state index in [-0.39, 0.29) is 17.7 Å². The zero-order valence-corrected chi connectivity index (χ0v) is 24.0. The maximum Gasteiger partial charge on any atom is 0.238 e. The summed E-state index contributed by atoms with van der Waals surface area (Å²) in [6.45, 7) is 4.90. The van der Waals surface area contributed by atoms with Crippen LogP contribution in [0.25, 0.3) is 0 Å². The molecule has 0 bridgehead atoms. The number of hydrogen-bond donors (Lipinski definition) is 2. The van der Waals surface area contributed by atoms with Gasteiger partial charge in [0.2, 0.25) is 17.7 Å². The van der Waals surface area contributed by atoms with E-state index in [0.29, 0.717) is 35.2 Å². The molecule has 1 unspecified atom stereocenters. The summed E-state index contributed by atoms with van der Waals surface area (Å²) in [6, 6.07) is 20.5. The second kappa shape index (κ2) is 12.9. The predicted molar refractivity (Wildman–Crippen MR) is 161 cm³/mol. The number of nitrogens with one attached hydrogen (secondary N) is 2. The van der Waals surface area contributed by atoms with Gasteiger partial charge in [0.25, 0.3) is 0 Å². The van der Waals surface area contributed by atoms with Crippen molar-refractivity contribution in [3.05, 3.63) is 88.4 Å². The van der Waals surface area contributed by atoms with Crippen LogP contribution < -0.4 is 15.5 Å². The molecule has 3 aromatic rings. The van der Waals surface area contributed by atoms with Gasteiger partial charge in [0.05, 0.1) is 11.4 Å². The van der Waals surface area contributed by atoms with Gasteiger partial charge in [-0.2, -0.15) is 0 Å². The molecule has 208 valence electrons. The normalized spacial score (nSPS) is 14.6. The molecule has 40 heavy (non-hydrogen) atoms. The van der Waals surface area contributed by atoms with Gasteiger partial charge in [0.1, 0.15) is 5.92 Å². The number of anilines is 2. The van der Waals surface area contributed by atoms with Gasteiger partial charge in [-0.1, -0.05) is 35.9 Å². The highest BCUT2D eigenvalue weighted by Gasteiger charge is 2.35. The lowest BCUT2D eigenvalue weighted by atomic mass is 9.90. The fourth-order valence-electron chi connectivity index (χ4n) is 4.73. The number of halogens is 1. The minimum Gasteiger partial charge on any atom is -0.352 e. The minimum atomic E-state index is -0.650. The molecule has 1 aliphatic rings. The average Bonchev–Trinajstić information content (AvgIpc) is 3.23. The number of hydrogen-bond acceptors (Lipinski definition) is 5. The summed E-state index contributed by atoms with van der Waals surface area (Å²) >= 11 is 6.19. The first-order chi connectivity index (χ1) is 19.1. The van der Waals surface area contributed by atoms with Crippen molar-refractivity contribution in [1.29, 1.82) is 0 Å². The average molecular weight is 560 g/mol. The van der Waals surface area contributed by atoms with Gasteiger partial charge in [-0.15, -0.1) is 0 Å². The molecule has 0 aromatic heterocycles. The van der Waals surface area contributed by atoms with Crippen molar-refractivity contribution in [2.45, 2.75) is 32.7 Å². The number of aliphatic imine (C=N–C) groups is 1. The summed E-state index contributed by atoms with van der Waals surface area (Å²) in [5.74, 6) is -0.988. The van der Waals surface area contributed by atoms with E-state index in [9.17, 15) is 14.4 Å². The van der Waals surface area contributed by atoms with Crippen LogP contribution in [-0.4, -0.2) is 55.5 Å². The summed E-state index contributed by atoms with van der Waals surface area (Å²) in [6.07, 6.45) is 0.853. The molecule has 2 N–H and O–H groups in total. The lowest BCUT2D eigenvalue weighted by Gasteiger charge is -2.22. The molecular weight excluding hydrogens is 526 g/mol. The highest BCUT2D eigenvalue weighted by atomic mass is 35.5. The van der Waals surface area contributed by atoms with Gasteiger partial charge in [0, 0.05) is 43.3 Å². The minimum absolute atomic E-state index is 0.0235. The van der Waals surface area contributed by atoms with Gasteiger partial charge in [-0.3, -0.25) is 19.4 Å². The van der Waals surface area contributed by atoms with Gasteiger partial charge in [0.15, 0.2) is 0 Å². The third kappa shape index (κ3) is 7.14. The Morgan fingerprint density at radius 2 is 1.75 bits per heavy atom. The number of nitrogens with zero attached hydrogens (tertiary/aromatic N) is 3. The third-order valence-corrected chi connectivity index (χ3v) is 6.90. The summed E-state index contributed by atoms with van der Waals surface area (Å²) in [4.78, 5) is 45.9.